The van der Waals surface area contributed by atoms with Crippen LogP contribution < -0.4 is 0 Å². The molecule has 0 bridgehead atoms. The Kier molecular flexibility index (Phi) is 4.37. The minimum absolute atomic E-state index is 0. The van der Waals surface area contributed by atoms with Crippen LogP contribution in [-0.4, -0.2) is 11.1 Å². The first-order chi connectivity index (χ1) is 5.25. The second-order valence-corrected chi connectivity index (χ2v) is 2.32. The van der Waals surface area contributed by atoms with Gasteiger partial charge in [0.1, 0.15) is 0 Å². The smallest absolute Gasteiger partial charge is 0.335 e. The number of halogens is 1. The lowest BCUT2D eigenvalue weighted by Crippen LogP contribution is -2.00. The van der Waals surface area contributed by atoms with E-state index in [1.807, 2.05) is 19.1 Å². The largest absolute Gasteiger partial charge is 0.478 e. The third-order valence-electron chi connectivity index (χ3n) is 1.63. The SMILES string of the molecule is CCc1ccccc1C(=O)O.Cl. The van der Waals surface area contributed by atoms with E-state index in [9.17, 15) is 4.79 Å². The Balaban J connectivity index is 0.00000121. The minimum atomic E-state index is -0.845. The van der Waals surface area contributed by atoms with Crippen molar-refractivity contribution in [1.82, 2.24) is 0 Å². The zero-order chi connectivity index (χ0) is 8.27. The summed E-state index contributed by atoms with van der Waals surface area (Å²) in [6.07, 6.45) is 0.766. The van der Waals surface area contributed by atoms with Crippen LogP contribution in [0.5, 0.6) is 0 Å². The van der Waals surface area contributed by atoms with Gasteiger partial charge in [-0.2, -0.15) is 0 Å². The van der Waals surface area contributed by atoms with Gasteiger partial charge in [0, 0.05) is 0 Å². The fourth-order valence-corrected chi connectivity index (χ4v) is 1.04. The van der Waals surface area contributed by atoms with Crippen molar-refractivity contribution in [2.45, 2.75) is 13.3 Å². The van der Waals surface area contributed by atoms with Gasteiger partial charge in [-0.1, -0.05) is 25.1 Å². The highest BCUT2D eigenvalue weighted by atomic mass is 35.5. The van der Waals surface area contributed by atoms with E-state index in [2.05, 4.69) is 0 Å². The second-order valence-electron chi connectivity index (χ2n) is 2.32. The maximum Gasteiger partial charge on any atom is 0.335 e. The van der Waals surface area contributed by atoms with Crippen LogP contribution in [0.3, 0.4) is 0 Å². The van der Waals surface area contributed by atoms with E-state index in [0.717, 1.165) is 12.0 Å². The first-order valence-electron chi connectivity index (χ1n) is 3.57. The molecule has 0 saturated carbocycles. The summed E-state index contributed by atoms with van der Waals surface area (Å²) in [5.41, 5.74) is 1.30. The summed E-state index contributed by atoms with van der Waals surface area (Å²) in [5, 5.41) is 8.70. The van der Waals surface area contributed by atoms with Gasteiger partial charge in [0.05, 0.1) is 5.56 Å². The third-order valence-corrected chi connectivity index (χ3v) is 1.63. The molecule has 0 heterocycles. The van der Waals surface area contributed by atoms with Crippen LogP contribution >= 0.6 is 12.4 Å². The number of carboxylic acid groups (broad SMARTS) is 1. The predicted molar refractivity (Wildman–Crippen MR) is 50.0 cm³/mol. The van der Waals surface area contributed by atoms with E-state index in [-0.39, 0.29) is 12.4 Å². The Bertz CT molecular complexity index is 271. The highest BCUT2D eigenvalue weighted by Gasteiger charge is 2.05. The molecule has 0 saturated heterocycles. The number of hydrogen-bond donors (Lipinski definition) is 1. The number of hydrogen-bond acceptors (Lipinski definition) is 1. The average Bonchev–Trinajstić information content (AvgIpc) is 2.04. The molecule has 1 N–H and O–H groups in total. The van der Waals surface area contributed by atoms with Gasteiger partial charge in [0.25, 0.3) is 0 Å². The molecule has 66 valence electrons. The molecule has 0 aliphatic rings. The summed E-state index contributed by atoms with van der Waals surface area (Å²) >= 11 is 0. The third kappa shape index (κ3) is 2.24. The van der Waals surface area contributed by atoms with Crippen molar-refractivity contribution in [3.63, 3.8) is 0 Å². The van der Waals surface area contributed by atoms with Crippen molar-refractivity contribution in [2.24, 2.45) is 0 Å². The summed E-state index contributed by atoms with van der Waals surface area (Å²) in [4.78, 5) is 10.6. The molecule has 1 rings (SSSR count). The fraction of sp³-hybridized carbons (Fsp3) is 0.222. The maximum atomic E-state index is 10.6. The summed E-state index contributed by atoms with van der Waals surface area (Å²) in [6.45, 7) is 1.95. The average molecular weight is 187 g/mol. The molecule has 0 fully saturated rings. The van der Waals surface area contributed by atoms with E-state index in [1.165, 1.54) is 0 Å². The lowest BCUT2D eigenvalue weighted by atomic mass is 10.1. The van der Waals surface area contributed by atoms with Crippen LogP contribution in [-0.2, 0) is 6.42 Å². The lowest BCUT2D eigenvalue weighted by Gasteiger charge is -2.00. The van der Waals surface area contributed by atoms with E-state index in [1.54, 1.807) is 12.1 Å². The Hall–Kier alpha value is -1.02. The molecule has 1 aromatic carbocycles. The second kappa shape index (κ2) is 4.78. The molecule has 0 radical (unpaired) electrons. The van der Waals surface area contributed by atoms with Crippen molar-refractivity contribution in [1.29, 1.82) is 0 Å². The molecule has 3 heteroatoms. The fourth-order valence-electron chi connectivity index (χ4n) is 1.04. The van der Waals surface area contributed by atoms with Gasteiger partial charge in [-0.05, 0) is 18.1 Å². The number of aryl methyl sites for hydroxylation is 1. The quantitative estimate of drug-likeness (QED) is 0.770. The summed E-state index contributed by atoms with van der Waals surface area (Å²) in [5.74, 6) is -0.845. The van der Waals surface area contributed by atoms with Crippen molar-refractivity contribution in [3.05, 3.63) is 35.4 Å². The zero-order valence-electron chi connectivity index (χ0n) is 6.78. The normalized spacial score (nSPS) is 8.75. The van der Waals surface area contributed by atoms with Gasteiger partial charge in [-0.3, -0.25) is 0 Å². The summed E-state index contributed by atoms with van der Waals surface area (Å²) < 4.78 is 0. The first kappa shape index (κ1) is 11.0. The van der Waals surface area contributed by atoms with Crippen LogP contribution in [0.25, 0.3) is 0 Å². The molecule has 1 aromatic rings. The van der Waals surface area contributed by atoms with Gasteiger partial charge in [-0.25, -0.2) is 4.79 Å². The van der Waals surface area contributed by atoms with Crippen LogP contribution in [0.15, 0.2) is 24.3 Å². The molecule has 0 aliphatic heterocycles. The minimum Gasteiger partial charge on any atom is -0.478 e. The maximum absolute atomic E-state index is 10.6. The number of benzene rings is 1. The number of rotatable bonds is 2. The zero-order valence-corrected chi connectivity index (χ0v) is 7.60. The molecular formula is C9H11ClO2. The Morgan fingerprint density at radius 2 is 2.00 bits per heavy atom. The highest BCUT2D eigenvalue weighted by molar-refractivity contribution is 5.89. The van der Waals surface area contributed by atoms with E-state index in [4.69, 9.17) is 5.11 Å². The molecule has 0 aromatic heterocycles. The van der Waals surface area contributed by atoms with Crippen molar-refractivity contribution < 1.29 is 9.90 Å². The highest BCUT2D eigenvalue weighted by Crippen LogP contribution is 2.08. The van der Waals surface area contributed by atoms with Crippen molar-refractivity contribution in [2.75, 3.05) is 0 Å². The summed E-state index contributed by atoms with van der Waals surface area (Å²) in [6, 6.07) is 7.05. The van der Waals surface area contributed by atoms with Gasteiger partial charge < -0.3 is 5.11 Å². The summed E-state index contributed by atoms with van der Waals surface area (Å²) in [7, 11) is 0. The number of carboxylic acids is 1. The molecule has 0 amide bonds. The lowest BCUT2D eigenvalue weighted by molar-refractivity contribution is 0.0696. The Labute approximate surface area is 77.6 Å². The van der Waals surface area contributed by atoms with E-state index < -0.39 is 5.97 Å². The molecular weight excluding hydrogens is 176 g/mol. The Morgan fingerprint density at radius 1 is 1.42 bits per heavy atom. The first-order valence-corrected chi connectivity index (χ1v) is 3.57. The van der Waals surface area contributed by atoms with Crippen LogP contribution in [0.4, 0.5) is 0 Å². The topological polar surface area (TPSA) is 37.3 Å². The standard InChI is InChI=1S/C9H10O2.ClH/c1-2-7-5-3-4-6-8(7)9(10)11;/h3-6H,2H2,1H3,(H,10,11);1H. The predicted octanol–water partition coefficient (Wildman–Crippen LogP) is 2.37. The molecule has 0 spiro atoms. The molecule has 0 aliphatic carbocycles. The van der Waals surface area contributed by atoms with Gasteiger partial charge in [0.2, 0.25) is 0 Å². The number of carbonyl (C=O) groups is 1. The molecule has 0 atom stereocenters. The van der Waals surface area contributed by atoms with Gasteiger partial charge in [-0.15, -0.1) is 12.4 Å². The monoisotopic (exact) mass is 186 g/mol. The van der Waals surface area contributed by atoms with E-state index >= 15 is 0 Å². The van der Waals surface area contributed by atoms with Crippen LogP contribution in [0.2, 0.25) is 0 Å². The number of aromatic carboxylic acids is 1. The van der Waals surface area contributed by atoms with E-state index in [0.29, 0.717) is 5.56 Å². The molecule has 2 nitrogen and oxygen atoms in total. The van der Waals surface area contributed by atoms with Gasteiger partial charge >= 0.3 is 5.97 Å². The molecule has 0 unspecified atom stereocenters. The van der Waals surface area contributed by atoms with Crippen LogP contribution in [0.1, 0.15) is 22.8 Å². The van der Waals surface area contributed by atoms with Crippen molar-refractivity contribution >= 4 is 18.4 Å². The van der Waals surface area contributed by atoms with Crippen molar-refractivity contribution in [3.8, 4) is 0 Å². The molecule has 12 heavy (non-hydrogen) atoms. The van der Waals surface area contributed by atoms with Gasteiger partial charge in [0.15, 0.2) is 0 Å². The van der Waals surface area contributed by atoms with Crippen LogP contribution in [0, 0.1) is 0 Å². The Morgan fingerprint density at radius 3 is 2.42 bits per heavy atom.